The molecule has 3 aromatic rings. The van der Waals surface area contributed by atoms with Crippen LogP contribution in [-0.4, -0.2) is 29.0 Å². The van der Waals surface area contributed by atoms with Gasteiger partial charge in [0.25, 0.3) is 5.91 Å². The summed E-state index contributed by atoms with van der Waals surface area (Å²) in [6.45, 7) is 0. The highest BCUT2D eigenvalue weighted by Gasteiger charge is 2.33. The monoisotopic (exact) mass is 363 g/mol. The van der Waals surface area contributed by atoms with Crippen LogP contribution in [0.25, 0.3) is 10.8 Å². The van der Waals surface area contributed by atoms with Crippen LogP contribution in [0.4, 0.5) is 0 Å². The second kappa shape index (κ2) is 6.24. The quantitative estimate of drug-likeness (QED) is 0.664. The molecule has 0 fully saturated rings. The van der Waals surface area contributed by atoms with E-state index in [0.717, 1.165) is 15.8 Å². The van der Waals surface area contributed by atoms with Gasteiger partial charge in [-0.25, -0.2) is 4.79 Å². The average molecular weight is 363 g/mol. The van der Waals surface area contributed by atoms with Crippen molar-refractivity contribution in [3.8, 4) is 5.75 Å². The Morgan fingerprint density at radius 1 is 0.962 bits per heavy atom. The summed E-state index contributed by atoms with van der Waals surface area (Å²) in [6, 6.07) is 17.4. The smallest absolute Gasteiger partial charge is 0.363 e. The minimum Gasteiger partial charge on any atom is -0.497 e. The van der Waals surface area contributed by atoms with Gasteiger partial charge in [0.2, 0.25) is 0 Å². The van der Waals surface area contributed by atoms with E-state index < -0.39 is 11.9 Å². The number of amides is 1. The van der Waals surface area contributed by atoms with Crippen LogP contribution in [0.2, 0.25) is 0 Å². The van der Waals surface area contributed by atoms with Crippen LogP contribution >= 0.6 is 12.2 Å². The van der Waals surface area contributed by atoms with Gasteiger partial charge in [-0.05, 0) is 35.7 Å². The number of carbonyl (C=O) groups excluding carboxylic acids is 2. The highest BCUT2D eigenvalue weighted by Crippen LogP contribution is 2.30. The lowest BCUT2D eigenvalue weighted by Gasteiger charge is -2.27. The number of carbonyl (C=O) groups is 2. The van der Waals surface area contributed by atoms with Crippen molar-refractivity contribution in [3.63, 3.8) is 0 Å². The molecule has 3 aromatic carbocycles. The van der Waals surface area contributed by atoms with E-state index in [1.807, 2.05) is 24.3 Å². The highest BCUT2D eigenvalue weighted by atomic mass is 32.1. The minimum absolute atomic E-state index is 0.168. The van der Waals surface area contributed by atoms with E-state index in [9.17, 15) is 9.59 Å². The van der Waals surface area contributed by atoms with Gasteiger partial charge in [0.15, 0.2) is 4.99 Å². The van der Waals surface area contributed by atoms with Crippen LogP contribution in [0, 0.1) is 0 Å². The van der Waals surface area contributed by atoms with E-state index in [0.29, 0.717) is 22.4 Å². The fourth-order valence-corrected chi connectivity index (χ4v) is 3.24. The van der Waals surface area contributed by atoms with Crippen molar-refractivity contribution in [2.45, 2.75) is 0 Å². The molecule has 0 radical (unpaired) electrons. The van der Waals surface area contributed by atoms with Gasteiger partial charge in [0, 0.05) is 10.9 Å². The van der Waals surface area contributed by atoms with Gasteiger partial charge >= 0.3 is 5.97 Å². The van der Waals surface area contributed by atoms with E-state index in [-0.39, 0.29) is 4.99 Å². The maximum Gasteiger partial charge on any atom is 0.363 e. The molecule has 0 spiro atoms. The first-order valence-corrected chi connectivity index (χ1v) is 8.28. The van der Waals surface area contributed by atoms with Gasteiger partial charge in [-0.3, -0.25) is 4.79 Å². The van der Waals surface area contributed by atoms with Crippen LogP contribution in [0.5, 0.6) is 5.75 Å². The lowest BCUT2D eigenvalue weighted by molar-refractivity contribution is -0.0381. The Labute approximate surface area is 154 Å². The van der Waals surface area contributed by atoms with Gasteiger partial charge in [-0.1, -0.05) is 42.5 Å². The molecule has 1 aliphatic heterocycles. The summed E-state index contributed by atoms with van der Waals surface area (Å²) >= 11 is 5.41. The van der Waals surface area contributed by atoms with Crippen molar-refractivity contribution < 1.29 is 19.2 Å². The first-order valence-electron chi connectivity index (χ1n) is 7.87. The predicted molar refractivity (Wildman–Crippen MR) is 100 cm³/mol. The summed E-state index contributed by atoms with van der Waals surface area (Å²) in [5.74, 6) is -0.511. The summed E-state index contributed by atoms with van der Waals surface area (Å²) in [5, 5.41) is 2.58. The van der Waals surface area contributed by atoms with Crippen molar-refractivity contribution in [1.29, 1.82) is 0 Å². The van der Waals surface area contributed by atoms with Crippen LogP contribution in [-0.2, 0) is 4.84 Å². The Morgan fingerprint density at radius 3 is 2.27 bits per heavy atom. The van der Waals surface area contributed by atoms with Gasteiger partial charge < -0.3 is 9.57 Å². The second-order valence-electron chi connectivity index (χ2n) is 5.72. The molecule has 6 heteroatoms. The number of methoxy groups -OCH3 is 1. The van der Waals surface area contributed by atoms with Crippen LogP contribution in [0.3, 0.4) is 0 Å². The number of benzene rings is 3. The molecule has 0 aromatic heterocycles. The van der Waals surface area contributed by atoms with Crippen molar-refractivity contribution in [2.24, 2.45) is 0 Å². The number of rotatable bonds is 3. The largest absolute Gasteiger partial charge is 0.497 e. The lowest BCUT2D eigenvalue weighted by atomic mass is 9.95. The summed E-state index contributed by atoms with van der Waals surface area (Å²) < 4.78 is 5.07. The van der Waals surface area contributed by atoms with E-state index in [1.54, 1.807) is 36.4 Å². The molecule has 0 saturated heterocycles. The molecular weight excluding hydrogens is 350 g/mol. The fourth-order valence-electron chi connectivity index (χ4n) is 2.95. The second-order valence-corrected chi connectivity index (χ2v) is 6.11. The molecule has 0 N–H and O–H groups in total. The summed E-state index contributed by atoms with van der Waals surface area (Å²) in [4.78, 5) is 30.8. The van der Waals surface area contributed by atoms with Crippen LogP contribution < -0.4 is 4.74 Å². The zero-order valence-electron chi connectivity index (χ0n) is 13.8. The average Bonchev–Trinajstić information content (AvgIpc) is 2.69. The molecule has 4 rings (SSSR count). The third-order valence-electron chi connectivity index (χ3n) is 4.23. The maximum absolute atomic E-state index is 12.8. The Kier molecular flexibility index (Phi) is 3.89. The number of hydroxylamine groups is 2. The lowest BCUT2D eigenvalue weighted by Crippen LogP contribution is -2.41. The van der Waals surface area contributed by atoms with Crippen molar-refractivity contribution >= 4 is 39.9 Å². The van der Waals surface area contributed by atoms with Gasteiger partial charge in [0.05, 0.1) is 18.2 Å². The summed E-state index contributed by atoms with van der Waals surface area (Å²) in [7, 11) is 1.54. The molecule has 1 heterocycles. The van der Waals surface area contributed by atoms with E-state index >= 15 is 0 Å². The number of nitrogens with zero attached hydrogens (tertiary/aromatic N) is 1. The molecule has 5 nitrogen and oxygen atoms in total. The Balaban J connectivity index is 1.69. The molecule has 0 atom stereocenters. The van der Waals surface area contributed by atoms with Crippen LogP contribution in [0.15, 0.2) is 60.7 Å². The SMILES string of the molecule is COc1ccc(C(=O)ON2C(=O)c3cccc4cccc(c34)C2=S)cc1. The Hall–Kier alpha value is -3.25. The molecule has 0 unspecified atom stereocenters. The van der Waals surface area contributed by atoms with Gasteiger partial charge in [0.1, 0.15) is 5.75 Å². The zero-order valence-corrected chi connectivity index (χ0v) is 14.6. The number of hydrogen-bond donors (Lipinski definition) is 0. The minimum atomic E-state index is -0.671. The van der Waals surface area contributed by atoms with Gasteiger partial charge in [-0.15, -0.1) is 5.06 Å². The highest BCUT2D eigenvalue weighted by molar-refractivity contribution is 7.80. The molecular formula is C20H13NO4S. The van der Waals surface area contributed by atoms with E-state index in [4.69, 9.17) is 21.8 Å². The zero-order chi connectivity index (χ0) is 18.3. The molecule has 0 aliphatic carbocycles. The van der Waals surface area contributed by atoms with Gasteiger partial charge in [-0.2, -0.15) is 0 Å². The topological polar surface area (TPSA) is 55.8 Å². The van der Waals surface area contributed by atoms with E-state index in [2.05, 4.69) is 0 Å². The molecule has 1 amide bonds. The molecule has 128 valence electrons. The standard InChI is InChI=1S/C20H13NO4S/c1-24-14-10-8-13(9-11-14)20(23)25-21-18(22)15-6-2-4-12-5-3-7-16(17(12)15)19(21)26/h2-11H,1H3. The van der Waals surface area contributed by atoms with Crippen molar-refractivity contribution in [3.05, 3.63) is 77.4 Å². The normalized spacial score (nSPS) is 13.0. The predicted octanol–water partition coefficient (Wildman–Crippen LogP) is 3.75. The molecule has 26 heavy (non-hydrogen) atoms. The maximum atomic E-state index is 12.8. The number of hydrogen-bond acceptors (Lipinski definition) is 5. The summed E-state index contributed by atoms with van der Waals surface area (Å²) in [5.41, 5.74) is 1.43. The fraction of sp³-hybridized carbons (Fsp3) is 0.0500. The molecule has 0 bridgehead atoms. The summed E-state index contributed by atoms with van der Waals surface area (Å²) in [6.07, 6.45) is 0. The number of ether oxygens (including phenoxy) is 1. The first kappa shape index (κ1) is 16.2. The number of thiocarbonyl (C=S) groups is 1. The Morgan fingerprint density at radius 2 is 1.62 bits per heavy atom. The third kappa shape index (κ3) is 2.51. The van der Waals surface area contributed by atoms with E-state index in [1.165, 1.54) is 7.11 Å². The third-order valence-corrected chi connectivity index (χ3v) is 4.62. The van der Waals surface area contributed by atoms with Crippen molar-refractivity contribution in [2.75, 3.05) is 7.11 Å². The molecule has 1 aliphatic rings. The molecule has 0 saturated carbocycles. The first-order chi connectivity index (χ1) is 12.6. The Bertz CT molecular complexity index is 1010. The van der Waals surface area contributed by atoms with Crippen LogP contribution in [0.1, 0.15) is 26.3 Å². The van der Waals surface area contributed by atoms with Crippen molar-refractivity contribution in [1.82, 2.24) is 5.06 Å².